The number of aliphatic imine (C=N–C) groups is 1. The van der Waals surface area contributed by atoms with Crippen molar-refractivity contribution < 1.29 is 4.79 Å². The van der Waals surface area contributed by atoms with E-state index in [2.05, 4.69) is 55.9 Å². The van der Waals surface area contributed by atoms with Gasteiger partial charge in [0.15, 0.2) is 5.96 Å². The van der Waals surface area contributed by atoms with E-state index in [0.29, 0.717) is 19.5 Å². The molecule has 3 N–H and O–H groups in total. The summed E-state index contributed by atoms with van der Waals surface area (Å²) in [7, 11) is 0. The van der Waals surface area contributed by atoms with E-state index in [1.54, 1.807) is 0 Å². The van der Waals surface area contributed by atoms with E-state index in [4.69, 9.17) is 0 Å². The average molecular weight is 495 g/mol. The van der Waals surface area contributed by atoms with E-state index in [9.17, 15) is 4.79 Å². The molecule has 5 nitrogen and oxygen atoms in total. The third kappa shape index (κ3) is 6.66. The molecular weight excluding hydrogens is 471 g/mol. The topological polar surface area (TPSA) is 65.5 Å². The fourth-order valence-electron chi connectivity index (χ4n) is 2.37. The second kappa shape index (κ2) is 10.1. The highest BCUT2D eigenvalue weighted by atomic mass is 127. The standard InChI is InChI=1S/C16H23BrN4O.HI/c1-3-18-16(21-14-6-7-15(22)19-10-14)20-9-12-4-5-13(17)8-11(12)2;/h4-5,8,14H,3,6-7,9-10H2,1-2H3,(H,19,22)(H2,18,20,21);1H. The zero-order valence-corrected chi connectivity index (χ0v) is 17.4. The van der Waals surface area contributed by atoms with Crippen LogP contribution in [0.4, 0.5) is 0 Å². The van der Waals surface area contributed by atoms with Crippen LogP contribution >= 0.6 is 39.9 Å². The highest BCUT2D eigenvalue weighted by molar-refractivity contribution is 14.0. The summed E-state index contributed by atoms with van der Waals surface area (Å²) in [4.78, 5) is 15.9. The van der Waals surface area contributed by atoms with E-state index in [1.165, 1.54) is 11.1 Å². The summed E-state index contributed by atoms with van der Waals surface area (Å²) in [5.74, 6) is 0.927. The molecule has 1 aromatic carbocycles. The molecule has 0 bridgehead atoms. The zero-order valence-electron chi connectivity index (χ0n) is 13.5. The van der Waals surface area contributed by atoms with Crippen LogP contribution in [0.2, 0.25) is 0 Å². The van der Waals surface area contributed by atoms with Crippen molar-refractivity contribution in [2.24, 2.45) is 4.99 Å². The van der Waals surface area contributed by atoms with Gasteiger partial charge in [0.2, 0.25) is 5.91 Å². The number of aryl methyl sites for hydroxylation is 1. The Bertz CT molecular complexity index is 555. The fourth-order valence-corrected chi connectivity index (χ4v) is 2.85. The Morgan fingerprint density at radius 1 is 1.48 bits per heavy atom. The summed E-state index contributed by atoms with van der Waals surface area (Å²) in [6.45, 7) is 6.23. The fraction of sp³-hybridized carbons (Fsp3) is 0.500. The van der Waals surface area contributed by atoms with Crippen LogP contribution in [0.3, 0.4) is 0 Å². The Hall–Kier alpha value is -0.830. The van der Waals surface area contributed by atoms with Gasteiger partial charge in [-0.2, -0.15) is 0 Å². The van der Waals surface area contributed by atoms with Crippen LogP contribution in [-0.4, -0.2) is 31.0 Å². The molecule has 0 radical (unpaired) electrons. The van der Waals surface area contributed by atoms with E-state index >= 15 is 0 Å². The van der Waals surface area contributed by atoms with Gasteiger partial charge < -0.3 is 16.0 Å². The maximum Gasteiger partial charge on any atom is 0.220 e. The molecule has 0 aromatic heterocycles. The predicted octanol–water partition coefficient (Wildman–Crippen LogP) is 2.71. The molecule has 1 aromatic rings. The molecule has 1 fully saturated rings. The molecule has 1 amide bonds. The van der Waals surface area contributed by atoms with Crippen LogP contribution in [0.1, 0.15) is 30.9 Å². The summed E-state index contributed by atoms with van der Waals surface area (Å²) < 4.78 is 1.08. The van der Waals surface area contributed by atoms with Gasteiger partial charge in [-0.25, -0.2) is 4.99 Å². The summed E-state index contributed by atoms with van der Waals surface area (Å²) in [5, 5.41) is 9.53. The number of carbonyl (C=O) groups excluding carboxylic acids is 1. The lowest BCUT2D eigenvalue weighted by Gasteiger charge is -2.25. The minimum absolute atomic E-state index is 0. The number of halogens is 2. The summed E-state index contributed by atoms with van der Waals surface area (Å²) in [5.41, 5.74) is 2.43. The molecule has 1 saturated heterocycles. The average Bonchev–Trinajstić information content (AvgIpc) is 2.48. The van der Waals surface area contributed by atoms with Crippen molar-refractivity contribution in [1.82, 2.24) is 16.0 Å². The summed E-state index contributed by atoms with van der Waals surface area (Å²) in [6, 6.07) is 6.46. The molecule has 1 heterocycles. The normalized spacial score (nSPS) is 18.0. The first-order valence-electron chi connectivity index (χ1n) is 7.65. The lowest BCUT2D eigenvalue weighted by molar-refractivity contribution is -0.122. The molecule has 1 unspecified atom stereocenters. The van der Waals surface area contributed by atoms with Gasteiger partial charge in [-0.15, -0.1) is 24.0 Å². The highest BCUT2D eigenvalue weighted by Crippen LogP contribution is 2.16. The molecular formula is C16H24BrIN4O. The number of amides is 1. The molecule has 7 heteroatoms. The van der Waals surface area contributed by atoms with Crippen molar-refractivity contribution in [2.75, 3.05) is 13.1 Å². The Kier molecular flexibility index (Phi) is 8.90. The number of piperidine rings is 1. The SMILES string of the molecule is CCNC(=NCc1ccc(Br)cc1C)NC1CCC(=O)NC1.I. The van der Waals surface area contributed by atoms with Gasteiger partial charge in [-0.3, -0.25) is 4.79 Å². The van der Waals surface area contributed by atoms with Crippen LogP contribution in [0, 0.1) is 6.92 Å². The maximum absolute atomic E-state index is 11.2. The van der Waals surface area contributed by atoms with Crippen LogP contribution in [0.5, 0.6) is 0 Å². The predicted molar refractivity (Wildman–Crippen MR) is 108 cm³/mol. The highest BCUT2D eigenvalue weighted by Gasteiger charge is 2.18. The van der Waals surface area contributed by atoms with E-state index in [1.807, 2.05) is 13.0 Å². The second-order valence-corrected chi connectivity index (χ2v) is 6.37. The van der Waals surface area contributed by atoms with Crippen LogP contribution in [-0.2, 0) is 11.3 Å². The summed E-state index contributed by atoms with van der Waals surface area (Å²) >= 11 is 3.48. The Morgan fingerprint density at radius 3 is 2.87 bits per heavy atom. The lowest BCUT2D eigenvalue weighted by Crippen LogP contribution is -2.51. The van der Waals surface area contributed by atoms with Gasteiger partial charge >= 0.3 is 0 Å². The third-order valence-electron chi connectivity index (χ3n) is 3.66. The number of hydrogen-bond donors (Lipinski definition) is 3. The molecule has 2 rings (SSSR count). The third-order valence-corrected chi connectivity index (χ3v) is 4.16. The smallest absolute Gasteiger partial charge is 0.220 e. The van der Waals surface area contributed by atoms with Crippen molar-refractivity contribution in [3.63, 3.8) is 0 Å². The van der Waals surface area contributed by atoms with Crippen molar-refractivity contribution in [1.29, 1.82) is 0 Å². The Morgan fingerprint density at radius 2 is 2.26 bits per heavy atom. The first kappa shape index (κ1) is 20.2. The number of hydrogen-bond acceptors (Lipinski definition) is 2. The number of benzene rings is 1. The number of nitrogens with zero attached hydrogens (tertiary/aromatic N) is 1. The monoisotopic (exact) mass is 494 g/mol. The molecule has 1 atom stereocenters. The Labute approximate surface area is 163 Å². The van der Waals surface area contributed by atoms with Gasteiger partial charge in [0.05, 0.1) is 6.54 Å². The molecule has 0 aliphatic carbocycles. The van der Waals surface area contributed by atoms with Gasteiger partial charge in [-0.05, 0) is 43.5 Å². The molecule has 128 valence electrons. The summed E-state index contributed by atoms with van der Waals surface area (Å²) in [6.07, 6.45) is 1.41. The zero-order chi connectivity index (χ0) is 15.9. The molecule has 0 saturated carbocycles. The second-order valence-electron chi connectivity index (χ2n) is 5.45. The molecule has 1 aliphatic heterocycles. The molecule has 0 spiro atoms. The van der Waals surface area contributed by atoms with Crippen molar-refractivity contribution in [3.05, 3.63) is 33.8 Å². The van der Waals surface area contributed by atoms with Gasteiger partial charge in [0.25, 0.3) is 0 Å². The van der Waals surface area contributed by atoms with Crippen molar-refractivity contribution in [2.45, 2.75) is 39.3 Å². The molecule has 23 heavy (non-hydrogen) atoms. The number of nitrogens with one attached hydrogen (secondary N) is 3. The number of rotatable bonds is 4. The van der Waals surface area contributed by atoms with Crippen molar-refractivity contribution >= 4 is 51.8 Å². The maximum atomic E-state index is 11.2. The number of carbonyl (C=O) groups is 1. The Balaban J connectivity index is 0.00000264. The van der Waals surface area contributed by atoms with E-state index in [0.717, 1.165) is 23.4 Å². The minimum Gasteiger partial charge on any atom is -0.357 e. The van der Waals surface area contributed by atoms with E-state index < -0.39 is 0 Å². The largest absolute Gasteiger partial charge is 0.357 e. The van der Waals surface area contributed by atoms with Gasteiger partial charge in [0.1, 0.15) is 0 Å². The van der Waals surface area contributed by atoms with Gasteiger partial charge in [-0.1, -0.05) is 22.0 Å². The molecule has 1 aliphatic rings. The quantitative estimate of drug-likeness (QED) is 0.342. The van der Waals surface area contributed by atoms with Crippen LogP contribution in [0.25, 0.3) is 0 Å². The lowest BCUT2D eigenvalue weighted by atomic mass is 10.1. The first-order chi connectivity index (χ1) is 10.6. The van der Waals surface area contributed by atoms with Gasteiger partial charge in [0, 0.05) is 30.0 Å². The minimum atomic E-state index is 0. The van der Waals surface area contributed by atoms with Crippen molar-refractivity contribution in [3.8, 4) is 0 Å². The van der Waals surface area contributed by atoms with Crippen LogP contribution < -0.4 is 16.0 Å². The first-order valence-corrected chi connectivity index (χ1v) is 8.44. The van der Waals surface area contributed by atoms with E-state index in [-0.39, 0.29) is 35.9 Å². The number of guanidine groups is 1. The van der Waals surface area contributed by atoms with Crippen LogP contribution in [0.15, 0.2) is 27.7 Å².